The summed E-state index contributed by atoms with van der Waals surface area (Å²) < 4.78 is 24.9. The molecule has 2 heterocycles. The average molecular weight is 413 g/mol. The van der Waals surface area contributed by atoms with Gasteiger partial charge in [-0.2, -0.15) is 0 Å². The number of ether oxygens (including phenoxy) is 1. The maximum absolute atomic E-state index is 14.2. The summed E-state index contributed by atoms with van der Waals surface area (Å²) in [6, 6.07) is 9.12. The van der Waals surface area contributed by atoms with Gasteiger partial charge in [-0.25, -0.2) is 14.0 Å². The van der Waals surface area contributed by atoms with E-state index in [-0.39, 0.29) is 25.0 Å². The Bertz CT molecular complexity index is 953. The van der Waals surface area contributed by atoms with Crippen LogP contribution >= 0.6 is 0 Å². The lowest BCUT2D eigenvalue weighted by atomic mass is 9.99. The Hall–Kier alpha value is -3.13. The molecule has 8 heteroatoms. The Balaban J connectivity index is 1.68. The first kappa shape index (κ1) is 20.2. The van der Waals surface area contributed by atoms with Crippen molar-refractivity contribution in [3.63, 3.8) is 0 Å². The highest BCUT2D eigenvalue weighted by molar-refractivity contribution is 5.95. The predicted molar refractivity (Wildman–Crippen MR) is 107 cm³/mol. The maximum Gasteiger partial charge on any atom is 0.338 e. The van der Waals surface area contributed by atoms with Crippen LogP contribution in [0.4, 0.5) is 9.18 Å². The minimum absolute atomic E-state index is 0.204. The number of esters is 1. The van der Waals surface area contributed by atoms with E-state index >= 15 is 0 Å². The third-order valence-corrected chi connectivity index (χ3v) is 5.23. The lowest BCUT2D eigenvalue weighted by Crippen LogP contribution is -2.48. The van der Waals surface area contributed by atoms with Crippen molar-refractivity contribution in [3.05, 3.63) is 71.1 Å². The van der Waals surface area contributed by atoms with E-state index in [1.807, 2.05) is 0 Å². The topological polar surface area (TPSA) is 83.8 Å². The van der Waals surface area contributed by atoms with E-state index < -0.39 is 18.0 Å². The summed E-state index contributed by atoms with van der Waals surface area (Å²) in [5.41, 5.74) is 1.32. The van der Waals surface area contributed by atoms with Crippen LogP contribution in [0, 0.1) is 5.82 Å². The van der Waals surface area contributed by atoms with E-state index in [2.05, 4.69) is 15.5 Å². The first-order valence-corrected chi connectivity index (χ1v) is 10.0. The van der Waals surface area contributed by atoms with Gasteiger partial charge in [0.05, 0.1) is 18.4 Å². The quantitative estimate of drug-likeness (QED) is 0.649. The van der Waals surface area contributed by atoms with Crippen molar-refractivity contribution < 1.29 is 23.1 Å². The number of carbonyl (C=O) groups is 2. The summed E-state index contributed by atoms with van der Waals surface area (Å²) in [6.45, 7) is 2.60. The molecule has 2 N–H and O–H groups in total. The number of halogens is 1. The fourth-order valence-corrected chi connectivity index (χ4v) is 3.66. The molecule has 30 heavy (non-hydrogen) atoms. The Morgan fingerprint density at radius 2 is 2.03 bits per heavy atom. The second-order valence-electron chi connectivity index (χ2n) is 7.39. The van der Waals surface area contributed by atoms with Crippen LogP contribution in [0.5, 0.6) is 0 Å². The van der Waals surface area contributed by atoms with Gasteiger partial charge < -0.3 is 19.8 Å². The van der Waals surface area contributed by atoms with Gasteiger partial charge in [0.25, 0.3) is 0 Å². The second-order valence-corrected chi connectivity index (χ2v) is 7.39. The van der Waals surface area contributed by atoms with Crippen molar-refractivity contribution >= 4 is 12.0 Å². The van der Waals surface area contributed by atoms with Gasteiger partial charge in [0.15, 0.2) is 0 Å². The number of urea groups is 1. The molecule has 0 bridgehead atoms. The van der Waals surface area contributed by atoms with Gasteiger partial charge >= 0.3 is 12.0 Å². The van der Waals surface area contributed by atoms with Gasteiger partial charge in [-0.15, -0.1) is 0 Å². The van der Waals surface area contributed by atoms with Crippen LogP contribution in [-0.2, 0) is 16.1 Å². The molecule has 2 aromatic rings. The highest BCUT2D eigenvalue weighted by atomic mass is 19.1. The van der Waals surface area contributed by atoms with E-state index in [0.29, 0.717) is 29.1 Å². The number of rotatable bonds is 8. The van der Waals surface area contributed by atoms with Crippen molar-refractivity contribution in [2.45, 2.75) is 38.4 Å². The van der Waals surface area contributed by atoms with E-state index in [1.54, 1.807) is 37.3 Å². The van der Waals surface area contributed by atoms with Gasteiger partial charge in [0.2, 0.25) is 0 Å². The molecule has 4 rings (SSSR count). The molecule has 1 atom stereocenters. The predicted octanol–water partition coefficient (Wildman–Crippen LogP) is 3.25. The fraction of sp³-hybridized carbons (Fsp3) is 0.364. The summed E-state index contributed by atoms with van der Waals surface area (Å²) in [5, 5.41) is 5.50. The Kier molecular flexibility index (Phi) is 5.85. The molecule has 0 unspecified atom stereocenters. The summed E-state index contributed by atoms with van der Waals surface area (Å²) in [7, 11) is 0. The van der Waals surface area contributed by atoms with Crippen LogP contribution < -0.4 is 10.6 Å². The largest absolute Gasteiger partial charge is 0.467 e. The molecule has 0 spiro atoms. The SMILES string of the molecule is CCOC(=O)C1=C(CN(Cc2ccccc2F)C2CC2)NC(=O)N[C@@H]1c1ccco1. The number of nitrogens with one attached hydrogen (secondary N) is 2. The smallest absolute Gasteiger partial charge is 0.338 e. The standard InChI is InChI=1S/C22H24FN3O4/c1-2-29-21(27)19-17(24-22(28)25-20(19)18-8-5-11-30-18)13-26(15-9-10-15)12-14-6-3-4-7-16(14)23/h3-8,11,15,20H,2,9-10,12-13H2,1H3,(H2,24,25,28)/t20-/m1/s1. The van der Waals surface area contributed by atoms with E-state index in [4.69, 9.17) is 9.15 Å². The molecule has 1 aromatic heterocycles. The molecule has 158 valence electrons. The molecular formula is C22H24FN3O4. The van der Waals surface area contributed by atoms with Gasteiger partial charge in [0, 0.05) is 30.4 Å². The van der Waals surface area contributed by atoms with Crippen LogP contribution in [0.3, 0.4) is 0 Å². The highest BCUT2D eigenvalue weighted by Crippen LogP contribution is 2.32. The van der Waals surface area contributed by atoms with Gasteiger partial charge in [0.1, 0.15) is 17.6 Å². The van der Waals surface area contributed by atoms with Crippen molar-refractivity contribution in [2.24, 2.45) is 0 Å². The zero-order chi connectivity index (χ0) is 21.1. The zero-order valence-corrected chi connectivity index (χ0v) is 16.7. The normalized spacial score (nSPS) is 18.9. The lowest BCUT2D eigenvalue weighted by molar-refractivity contribution is -0.139. The van der Waals surface area contributed by atoms with Gasteiger partial charge in [-0.3, -0.25) is 4.90 Å². The van der Waals surface area contributed by atoms with Gasteiger partial charge in [-0.1, -0.05) is 18.2 Å². The van der Waals surface area contributed by atoms with Crippen LogP contribution in [0.1, 0.15) is 37.1 Å². The van der Waals surface area contributed by atoms with Crippen molar-refractivity contribution in [1.82, 2.24) is 15.5 Å². The third kappa shape index (κ3) is 4.38. The van der Waals surface area contributed by atoms with Crippen LogP contribution in [-0.4, -0.2) is 36.1 Å². The summed E-state index contributed by atoms with van der Waals surface area (Å²) in [5.74, 6) is -0.355. The number of hydrogen-bond acceptors (Lipinski definition) is 5. The van der Waals surface area contributed by atoms with Gasteiger partial charge in [-0.05, 0) is 38.0 Å². The fourth-order valence-electron chi connectivity index (χ4n) is 3.66. The molecule has 1 aromatic carbocycles. The molecule has 7 nitrogen and oxygen atoms in total. The molecule has 0 saturated heterocycles. The Morgan fingerprint density at radius 1 is 1.23 bits per heavy atom. The summed E-state index contributed by atoms with van der Waals surface area (Å²) in [4.78, 5) is 27.2. The molecule has 1 aliphatic heterocycles. The number of carbonyl (C=O) groups excluding carboxylic acids is 2. The Labute approximate surface area is 173 Å². The van der Waals surface area contributed by atoms with Crippen LogP contribution in [0.15, 0.2) is 58.3 Å². The van der Waals surface area contributed by atoms with Crippen LogP contribution in [0.2, 0.25) is 0 Å². The van der Waals surface area contributed by atoms with Crippen molar-refractivity contribution in [1.29, 1.82) is 0 Å². The molecule has 1 aliphatic carbocycles. The average Bonchev–Trinajstić information content (AvgIpc) is 3.42. The molecule has 2 aliphatic rings. The minimum Gasteiger partial charge on any atom is -0.467 e. The first-order valence-electron chi connectivity index (χ1n) is 10.0. The summed E-state index contributed by atoms with van der Waals surface area (Å²) >= 11 is 0. The molecule has 1 saturated carbocycles. The molecular weight excluding hydrogens is 389 g/mol. The Morgan fingerprint density at radius 3 is 2.70 bits per heavy atom. The van der Waals surface area contributed by atoms with E-state index in [0.717, 1.165) is 12.8 Å². The monoisotopic (exact) mass is 413 g/mol. The van der Waals surface area contributed by atoms with E-state index in [9.17, 15) is 14.0 Å². The number of nitrogens with zero attached hydrogens (tertiary/aromatic N) is 1. The maximum atomic E-state index is 14.2. The number of benzene rings is 1. The first-order chi connectivity index (χ1) is 14.6. The molecule has 0 radical (unpaired) electrons. The number of furan rings is 1. The molecule has 1 fully saturated rings. The minimum atomic E-state index is -0.752. The number of amides is 2. The van der Waals surface area contributed by atoms with Crippen LogP contribution in [0.25, 0.3) is 0 Å². The number of hydrogen-bond donors (Lipinski definition) is 2. The van der Waals surface area contributed by atoms with Crippen molar-refractivity contribution in [2.75, 3.05) is 13.2 Å². The zero-order valence-electron chi connectivity index (χ0n) is 16.7. The lowest BCUT2D eigenvalue weighted by Gasteiger charge is -2.31. The van der Waals surface area contributed by atoms with E-state index in [1.165, 1.54) is 12.3 Å². The third-order valence-electron chi connectivity index (χ3n) is 5.23. The molecule has 2 amide bonds. The second kappa shape index (κ2) is 8.71. The highest BCUT2D eigenvalue weighted by Gasteiger charge is 2.38. The summed E-state index contributed by atoms with van der Waals surface area (Å²) in [6.07, 6.45) is 3.47. The van der Waals surface area contributed by atoms with Crippen molar-refractivity contribution in [3.8, 4) is 0 Å².